The van der Waals surface area contributed by atoms with Gasteiger partial charge in [-0.05, 0) is 19.8 Å². The summed E-state index contributed by atoms with van der Waals surface area (Å²) in [6.45, 7) is 9.07. The van der Waals surface area contributed by atoms with Gasteiger partial charge >= 0.3 is 0 Å². The fourth-order valence-corrected chi connectivity index (χ4v) is 1.26. The Hall–Kier alpha value is -0.0800. The van der Waals surface area contributed by atoms with E-state index in [1.165, 1.54) is 0 Å². The van der Waals surface area contributed by atoms with Gasteiger partial charge in [-0.15, -0.1) is 0 Å². The lowest BCUT2D eigenvalue weighted by molar-refractivity contribution is -0.143. The van der Waals surface area contributed by atoms with Crippen LogP contribution in [-0.4, -0.2) is 18.5 Å². The Labute approximate surface area is 68.9 Å². The molecule has 66 valence electrons. The molecule has 2 heteroatoms. The highest BCUT2D eigenvalue weighted by atomic mass is 16.7. The minimum atomic E-state index is -0.353. The number of rotatable bonds is 2. The standard InChI is InChI=1S/C9H18O2/c1-5-7(2)8-6-10-9(3,4)11-8/h7-8H,5-6H2,1-4H3/t7-,8+/m0/s1. The lowest BCUT2D eigenvalue weighted by Crippen LogP contribution is -2.24. The van der Waals surface area contributed by atoms with Gasteiger partial charge in [0.05, 0.1) is 12.7 Å². The van der Waals surface area contributed by atoms with E-state index in [0.29, 0.717) is 12.0 Å². The van der Waals surface area contributed by atoms with E-state index in [1.54, 1.807) is 0 Å². The predicted octanol–water partition coefficient (Wildman–Crippen LogP) is 2.18. The highest BCUT2D eigenvalue weighted by Gasteiger charge is 2.34. The molecule has 1 aliphatic heterocycles. The summed E-state index contributed by atoms with van der Waals surface area (Å²) in [5, 5.41) is 0. The van der Waals surface area contributed by atoms with Gasteiger partial charge in [0.1, 0.15) is 0 Å². The molecule has 0 aromatic rings. The Morgan fingerprint density at radius 2 is 2.18 bits per heavy atom. The second-order valence-electron chi connectivity index (χ2n) is 3.75. The average molecular weight is 158 g/mol. The molecular formula is C9H18O2. The molecule has 2 nitrogen and oxygen atoms in total. The highest BCUT2D eigenvalue weighted by molar-refractivity contribution is 4.74. The average Bonchev–Trinajstić information content (AvgIpc) is 2.29. The Morgan fingerprint density at radius 3 is 2.55 bits per heavy atom. The van der Waals surface area contributed by atoms with E-state index in [2.05, 4.69) is 13.8 Å². The Morgan fingerprint density at radius 1 is 1.55 bits per heavy atom. The first kappa shape index (κ1) is 9.01. The summed E-state index contributed by atoms with van der Waals surface area (Å²) < 4.78 is 11.1. The van der Waals surface area contributed by atoms with E-state index >= 15 is 0 Å². The van der Waals surface area contributed by atoms with Crippen molar-refractivity contribution in [1.82, 2.24) is 0 Å². The third-order valence-electron chi connectivity index (χ3n) is 2.31. The van der Waals surface area contributed by atoms with Crippen LogP contribution in [0.4, 0.5) is 0 Å². The number of ether oxygens (including phenoxy) is 2. The maximum absolute atomic E-state index is 5.68. The van der Waals surface area contributed by atoms with Gasteiger partial charge in [0.2, 0.25) is 0 Å². The molecule has 1 rings (SSSR count). The number of hydrogen-bond donors (Lipinski definition) is 0. The first-order valence-electron chi connectivity index (χ1n) is 4.37. The van der Waals surface area contributed by atoms with Gasteiger partial charge in [-0.25, -0.2) is 0 Å². The van der Waals surface area contributed by atoms with Crippen LogP contribution in [0.5, 0.6) is 0 Å². The minimum absolute atomic E-state index is 0.301. The van der Waals surface area contributed by atoms with Crippen LogP contribution >= 0.6 is 0 Å². The molecule has 11 heavy (non-hydrogen) atoms. The van der Waals surface area contributed by atoms with Crippen LogP contribution in [0.2, 0.25) is 0 Å². The van der Waals surface area contributed by atoms with Gasteiger partial charge in [-0.1, -0.05) is 20.3 Å². The van der Waals surface area contributed by atoms with Crippen LogP contribution in [-0.2, 0) is 9.47 Å². The molecule has 1 heterocycles. The molecule has 0 aliphatic carbocycles. The van der Waals surface area contributed by atoms with Crippen molar-refractivity contribution in [2.75, 3.05) is 6.61 Å². The van der Waals surface area contributed by atoms with Crippen molar-refractivity contribution in [3.8, 4) is 0 Å². The molecule has 1 aliphatic rings. The number of hydrogen-bond acceptors (Lipinski definition) is 2. The van der Waals surface area contributed by atoms with Crippen molar-refractivity contribution < 1.29 is 9.47 Å². The van der Waals surface area contributed by atoms with Crippen LogP contribution in [0.3, 0.4) is 0 Å². The van der Waals surface area contributed by atoms with Gasteiger partial charge in [-0.2, -0.15) is 0 Å². The second-order valence-corrected chi connectivity index (χ2v) is 3.75. The topological polar surface area (TPSA) is 18.5 Å². The van der Waals surface area contributed by atoms with E-state index in [1.807, 2.05) is 13.8 Å². The van der Waals surface area contributed by atoms with Crippen LogP contribution < -0.4 is 0 Å². The first-order valence-corrected chi connectivity index (χ1v) is 4.37. The van der Waals surface area contributed by atoms with Crippen molar-refractivity contribution in [3.05, 3.63) is 0 Å². The lowest BCUT2D eigenvalue weighted by atomic mass is 10.0. The predicted molar refractivity (Wildman–Crippen MR) is 44.4 cm³/mol. The smallest absolute Gasteiger partial charge is 0.163 e. The van der Waals surface area contributed by atoms with E-state index in [4.69, 9.17) is 9.47 Å². The third kappa shape index (κ3) is 2.17. The summed E-state index contributed by atoms with van der Waals surface area (Å²) in [6.07, 6.45) is 1.46. The van der Waals surface area contributed by atoms with E-state index < -0.39 is 0 Å². The summed E-state index contributed by atoms with van der Waals surface area (Å²) >= 11 is 0. The summed E-state index contributed by atoms with van der Waals surface area (Å²) in [4.78, 5) is 0. The van der Waals surface area contributed by atoms with Crippen molar-refractivity contribution in [3.63, 3.8) is 0 Å². The third-order valence-corrected chi connectivity index (χ3v) is 2.31. The van der Waals surface area contributed by atoms with Gasteiger partial charge in [-0.3, -0.25) is 0 Å². The molecular weight excluding hydrogens is 140 g/mol. The van der Waals surface area contributed by atoms with Gasteiger partial charge < -0.3 is 9.47 Å². The molecule has 0 N–H and O–H groups in total. The van der Waals surface area contributed by atoms with E-state index in [9.17, 15) is 0 Å². The van der Waals surface area contributed by atoms with Crippen molar-refractivity contribution in [2.24, 2.45) is 5.92 Å². The van der Waals surface area contributed by atoms with Crippen molar-refractivity contribution in [2.45, 2.75) is 46.0 Å². The molecule has 0 saturated carbocycles. The largest absolute Gasteiger partial charge is 0.348 e. The molecule has 0 aromatic carbocycles. The zero-order valence-corrected chi connectivity index (χ0v) is 7.89. The maximum Gasteiger partial charge on any atom is 0.163 e. The highest BCUT2D eigenvalue weighted by Crippen LogP contribution is 2.27. The molecule has 0 amide bonds. The molecule has 0 unspecified atom stereocenters. The zero-order valence-electron chi connectivity index (χ0n) is 7.89. The summed E-state index contributed by atoms with van der Waals surface area (Å²) in [5.41, 5.74) is 0. The molecule has 1 fully saturated rings. The van der Waals surface area contributed by atoms with Crippen LogP contribution in [0, 0.1) is 5.92 Å². The molecule has 0 radical (unpaired) electrons. The Balaban J connectivity index is 2.41. The Kier molecular flexibility index (Phi) is 2.55. The lowest BCUT2D eigenvalue weighted by Gasteiger charge is -2.19. The second kappa shape index (κ2) is 3.11. The van der Waals surface area contributed by atoms with Gasteiger partial charge in [0.15, 0.2) is 5.79 Å². The maximum atomic E-state index is 5.68. The quantitative estimate of drug-likeness (QED) is 0.613. The zero-order chi connectivity index (χ0) is 8.48. The molecule has 1 saturated heterocycles. The fourth-order valence-electron chi connectivity index (χ4n) is 1.26. The summed E-state index contributed by atoms with van der Waals surface area (Å²) in [7, 11) is 0. The van der Waals surface area contributed by atoms with Crippen LogP contribution in [0.15, 0.2) is 0 Å². The summed E-state index contributed by atoms with van der Waals surface area (Å²) in [5.74, 6) is 0.255. The van der Waals surface area contributed by atoms with Gasteiger partial charge in [0, 0.05) is 0 Å². The molecule has 2 atom stereocenters. The first-order chi connectivity index (χ1) is 5.05. The van der Waals surface area contributed by atoms with Gasteiger partial charge in [0.25, 0.3) is 0 Å². The fraction of sp³-hybridized carbons (Fsp3) is 1.00. The van der Waals surface area contributed by atoms with E-state index in [-0.39, 0.29) is 5.79 Å². The minimum Gasteiger partial charge on any atom is -0.348 e. The summed E-state index contributed by atoms with van der Waals surface area (Å²) in [6, 6.07) is 0. The van der Waals surface area contributed by atoms with Crippen molar-refractivity contribution in [1.29, 1.82) is 0 Å². The Bertz CT molecular complexity index is 132. The monoisotopic (exact) mass is 158 g/mol. The van der Waals surface area contributed by atoms with E-state index in [0.717, 1.165) is 13.0 Å². The molecule has 0 spiro atoms. The normalized spacial score (nSPS) is 32.2. The van der Waals surface area contributed by atoms with Crippen molar-refractivity contribution >= 4 is 0 Å². The van der Waals surface area contributed by atoms with Crippen LogP contribution in [0.1, 0.15) is 34.1 Å². The van der Waals surface area contributed by atoms with Crippen LogP contribution in [0.25, 0.3) is 0 Å². The molecule has 0 bridgehead atoms. The molecule has 0 aromatic heterocycles. The SMILES string of the molecule is CC[C@H](C)[C@H]1COC(C)(C)O1.